The molecule has 1 aromatic carbocycles. The normalized spacial score (nSPS) is 24.0. The molecule has 3 rings (SSSR count). The molecule has 3 atom stereocenters. The zero-order valence-corrected chi connectivity index (χ0v) is 14.6. The standard InChI is InChI=1S/C19H25N3O2/c1-12-7-6-9-15(13(12)2)21-18(23)11-22-17-10-5-4-8-16(17)20-14(3)19(22)24/h4-5,8,10,12-13,15H,6-7,9,11H2,1-3H3,(H,21,23). The van der Waals surface area contributed by atoms with Crippen LogP contribution in [0.3, 0.4) is 0 Å². The second-order valence-electron chi connectivity index (χ2n) is 7.02. The van der Waals surface area contributed by atoms with E-state index in [4.69, 9.17) is 0 Å². The monoisotopic (exact) mass is 327 g/mol. The van der Waals surface area contributed by atoms with E-state index in [2.05, 4.69) is 24.1 Å². The number of carbonyl (C=O) groups is 1. The first-order valence-electron chi connectivity index (χ1n) is 8.73. The Morgan fingerprint density at radius 2 is 2.04 bits per heavy atom. The van der Waals surface area contributed by atoms with Crippen molar-refractivity contribution >= 4 is 16.9 Å². The van der Waals surface area contributed by atoms with Gasteiger partial charge in [-0.1, -0.05) is 38.8 Å². The van der Waals surface area contributed by atoms with Gasteiger partial charge in [0.05, 0.1) is 11.0 Å². The third-order valence-electron chi connectivity index (χ3n) is 5.37. The van der Waals surface area contributed by atoms with Gasteiger partial charge in [0, 0.05) is 6.04 Å². The number of amides is 1. The molecule has 1 amide bonds. The van der Waals surface area contributed by atoms with Crippen molar-refractivity contribution in [3.05, 3.63) is 40.3 Å². The molecule has 2 aromatic rings. The number of fused-ring (bicyclic) bond motifs is 1. The fourth-order valence-corrected chi connectivity index (χ4v) is 3.66. The van der Waals surface area contributed by atoms with Crippen LogP contribution in [0.15, 0.2) is 29.1 Å². The van der Waals surface area contributed by atoms with E-state index >= 15 is 0 Å². The molecule has 1 fully saturated rings. The van der Waals surface area contributed by atoms with Gasteiger partial charge in [0.25, 0.3) is 5.56 Å². The van der Waals surface area contributed by atoms with Gasteiger partial charge in [-0.2, -0.15) is 0 Å². The van der Waals surface area contributed by atoms with Crippen LogP contribution in [0.1, 0.15) is 38.8 Å². The molecule has 1 saturated carbocycles. The van der Waals surface area contributed by atoms with E-state index in [0.717, 1.165) is 18.4 Å². The second kappa shape index (κ2) is 6.75. The lowest BCUT2D eigenvalue weighted by Crippen LogP contribution is -2.45. The summed E-state index contributed by atoms with van der Waals surface area (Å²) in [5.74, 6) is 0.991. The number of carbonyl (C=O) groups excluding carboxylic acids is 1. The number of hydrogen-bond donors (Lipinski definition) is 1. The molecule has 1 aliphatic carbocycles. The number of hydrogen-bond acceptors (Lipinski definition) is 3. The summed E-state index contributed by atoms with van der Waals surface area (Å²) in [7, 11) is 0. The fraction of sp³-hybridized carbons (Fsp3) is 0.526. The number of nitrogens with zero attached hydrogens (tertiary/aromatic N) is 2. The zero-order valence-electron chi connectivity index (χ0n) is 14.6. The smallest absolute Gasteiger partial charge is 0.272 e. The second-order valence-corrected chi connectivity index (χ2v) is 7.02. The first kappa shape index (κ1) is 16.7. The molecule has 1 heterocycles. The van der Waals surface area contributed by atoms with Crippen molar-refractivity contribution in [3.8, 4) is 0 Å². The lowest BCUT2D eigenvalue weighted by atomic mass is 9.78. The molecule has 0 saturated heterocycles. The Morgan fingerprint density at radius 3 is 2.83 bits per heavy atom. The highest BCUT2D eigenvalue weighted by Crippen LogP contribution is 2.29. The lowest BCUT2D eigenvalue weighted by molar-refractivity contribution is -0.123. The number of nitrogens with one attached hydrogen (secondary N) is 1. The Morgan fingerprint density at radius 1 is 1.29 bits per heavy atom. The molecular weight excluding hydrogens is 302 g/mol. The molecule has 0 bridgehead atoms. The summed E-state index contributed by atoms with van der Waals surface area (Å²) in [6, 6.07) is 7.64. The Kier molecular flexibility index (Phi) is 4.69. The van der Waals surface area contributed by atoms with E-state index in [1.807, 2.05) is 24.3 Å². The van der Waals surface area contributed by atoms with Gasteiger partial charge in [0.15, 0.2) is 0 Å². The molecule has 0 radical (unpaired) electrons. The van der Waals surface area contributed by atoms with Gasteiger partial charge in [-0.05, 0) is 37.3 Å². The molecule has 0 aliphatic heterocycles. The molecule has 1 N–H and O–H groups in total. The Balaban J connectivity index is 1.83. The SMILES string of the molecule is Cc1nc2ccccc2n(CC(=O)NC2CCCC(C)C2C)c1=O. The number of aryl methyl sites for hydroxylation is 1. The fourth-order valence-electron chi connectivity index (χ4n) is 3.66. The average molecular weight is 327 g/mol. The summed E-state index contributed by atoms with van der Waals surface area (Å²) in [5.41, 5.74) is 1.66. The molecule has 1 aliphatic rings. The van der Waals surface area contributed by atoms with Crippen LogP contribution in [0, 0.1) is 18.8 Å². The van der Waals surface area contributed by atoms with E-state index < -0.39 is 0 Å². The third-order valence-corrected chi connectivity index (χ3v) is 5.37. The zero-order chi connectivity index (χ0) is 17.3. The minimum Gasteiger partial charge on any atom is -0.352 e. The van der Waals surface area contributed by atoms with Crippen LogP contribution >= 0.6 is 0 Å². The highest BCUT2D eigenvalue weighted by molar-refractivity contribution is 5.80. The van der Waals surface area contributed by atoms with Crippen molar-refractivity contribution in [1.82, 2.24) is 14.9 Å². The minimum absolute atomic E-state index is 0.0420. The summed E-state index contributed by atoms with van der Waals surface area (Å²) in [6.07, 6.45) is 3.39. The molecule has 5 nitrogen and oxygen atoms in total. The van der Waals surface area contributed by atoms with Crippen molar-refractivity contribution in [2.75, 3.05) is 0 Å². The molecule has 24 heavy (non-hydrogen) atoms. The summed E-state index contributed by atoms with van der Waals surface area (Å²) < 4.78 is 1.53. The van der Waals surface area contributed by atoms with E-state index in [9.17, 15) is 9.59 Å². The quantitative estimate of drug-likeness (QED) is 0.942. The number of benzene rings is 1. The topological polar surface area (TPSA) is 64.0 Å². The summed E-state index contributed by atoms with van der Waals surface area (Å²) in [6.45, 7) is 6.18. The van der Waals surface area contributed by atoms with Gasteiger partial charge in [-0.25, -0.2) is 4.98 Å². The first-order chi connectivity index (χ1) is 11.5. The number of rotatable bonds is 3. The molecule has 1 aromatic heterocycles. The van der Waals surface area contributed by atoms with Gasteiger partial charge >= 0.3 is 0 Å². The van der Waals surface area contributed by atoms with E-state index in [0.29, 0.717) is 23.0 Å². The predicted octanol–water partition coefficient (Wildman–Crippen LogP) is 2.65. The lowest BCUT2D eigenvalue weighted by Gasteiger charge is -2.34. The van der Waals surface area contributed by atoms with Crippen LogP contribution in [0.2, 0.25) is 0 Å². The maximum atomic E-state index is 12.5. The number of aromatic nitrogens is 2. The van der Waals surface area contributed by atoms with Crippen LogP contribution in [0.4, 0.5) is 0 Å². The van der Waals surface area contributed by atoms with Crippen molar-refractivity contribution in [3.63, 3.8) is 0 Å². The van der Waals surface area contributed by atoms with Crippen LogP contribution in [-0.4, -0.2) is 21.5 Å². The van der Waals surface area contributed by atoms with Crippen LogP contribution < -0.4 is 10.9 Å². The van der Waals surface area contributed by atoms with E-state index in [1.54, 1.807) is 6.92 Å². The first-order valence-corrected chi connectivity index (χ1v) is 8.73. The third kappa shape index (κ3) is 3.21. The van der Waals surface area contributed by atoms with Crippen molar-refractivity contribution in [1.29, 1.82) is 0 Å². The predicted molar refractivity (Wildman–Crippen MR) is 94.8 cm³/mol. The average Bonchev–Trinajstić information content (AvgIpc) is 2.56. The summed E-state index contributed by atoms with van der Waals surface area (Å²) in [4.78, 5) is 29.3. The maximum Gasteiger partial charge on any atom is 0.272 e. The molecule has 128 valence electrons. The van der Waals surface area contributed by atoms with Crippen molar-refractivity contribution in [2.24, 2.45) is 11.8 Å². The van der Waals surface area contributed by atoms with Crippen LogP contribution in [0.5, 0.6) is 0 Å². The Hall–Kier alpha value is -2.17. The van der Waals surface area contributed by atoms with E-state index in [-0.39, 0.29) is 24.1 Å². The van der Waals surface area contributed by atoms with Gasteiger partial charge in [0.2, 0.25) is 5.91 Å². The Labute approximate surface area is 142 Å². The number of para-hydroxylation sites is 2. The van der Waals surface area contributed by atoms with Crippen molar-refractivity contribution in [2.45, 2.75) is 52.6 Å². The van der Waals surface area contributed by atoms with Crippen molar-refractivity contribution < 1.29 is 4.79 Å². The molecule has 5 heteroatoms. The molecular formula is C19H25N3O2. The largest absolute Gasteiger partial charge is 0.352 e. The molecule has 0 spiro atoms. The van der Waals surface area contributed by atoms with E-state index in [1.165, 1.54) is 11.0 Å². The Bertz CT molecular complexity index is 812. The highest BCUT2D eigenvalue weighted by Gasteiger charge is 2.28. The summed E-state index contributed by atoms with van der Waals surface area (Å²) >= 11 is 0. The van der Waals surface area contributed by atoms with Crippen LogP contribution in [-0.2, 0) is 11.3 Å². The van der Waals surface area contributed by atoms with Gasteiger partial charge in [-0.15, -0.1) is 0 Å². The van der Waals surface area contributed by atoms with Crippen LogP contribution in [0.25, 0.3) is 11.0 Å². The highest BCUT2D eigenvalue weighted by atomic mass is 16.2. The van der Waals surface area contributed by atoms with Gasteiger partial charge in [0.1, 0.15) is 12.2 Å². The minimum atomic E-state index is -0.200. The van der Waals surface area contributed by atoms with Gasteiger partial charge in [-0.3, -0.25) is 14.2 Å². The maximum absolute atomic E-state index is 12.5. The molecule has 3 unspecified atom stereocenters. The summed E-state index contributed by atoms with van der Waals surface area (Å²) in [5, 5.41) is 3.14. The van der Waals surface area contributed by atoms with Gasteiger partial charge < -0.3 is 5.32 Å².